The van der Waals surface area contributed by atoms with E-state index in [0.29, 0.717) is 6.42 Å². The number of hydrogen-bond donors (Lipinski definition) is 3. The molecule has 0 aromatic carbocycles. The smallest absolute Gasteiger partial charge is 0.414 e. The van der Waals surface area contributed by atoms with Crippen molar-refractivity contribution in [1.82, 2.24) is 10.6 Å². The molecule has 0 spiro atoms. The minimum Gasteiger partial charge on any atom is -0.444 e. The van der Waals surface area contributed by atoms with Crippen molar-refractivity contribution in [3.8, 4) is 0 Å². The Hall–Kier alpha value is -1.40. The number of carbonyl (C=O) groups is 2. The lowest BCUT2D eigenvalue weighted by Gasteiger charge is -2.30. The first-order chi connectivity index (χ1) is 13.2. The molecule has 0 aliphatic heterocycles. The number of rotatable bonds is 5. The van der Waals surface area contributed by atoms with Crippen LogP contribution >= 0.6 is 0 Å². The van der Waals surface area contributed by atoms with E-state index >= 15 is 0 Å². The highest BCUT2D eigenvalue weighted by Gasteiger charge is 2.21. The number of ether oxygens (including phenoxy) is 1. The summed E-state index contributed by atoms with van der Waals surface area (Å²) in [7, 11) is 0. The third kappa shape index (κ3) is 11.4. The molecular weight excluding hydrogens is 354 g/mol. The average molecular weight is 396 g/mol. The highest BCUT2D eigenvalue weighted by molar-refractivity contribution is 5.94. The van der Waals surface area contributed by atoms with Gasteiger partial charge in [0.1, 0.15) is 5.60 Å². The van der Waals surface area contributed by atoms with Crippen LogP contribution in [0.5, 0.6) is 0 Å². The van der Waals surface area contributed by atoms with E-state index in [1.165, 1.54) is 70.3 Å². The van der Waals surface area contributed by atoms with Gasteiger partial charge in [-0.1, -0.05) is 44.6 Å². The van der Waals surface area contributed by atoms with Crippen LogP contribution in [0.2, 0.25) is 0 Å². The molecule has 1 atom stereocenters. The monoisotopic (exact) mass is 395 g/mol. The quantitative estimate of drug-likeness (QED) is 0.607. The molecule has 0 aromatic rings. The van der Waals surface area contributed by atoms with Crippen molar-refractivity contribution in [2.75, 3.05) is 0 Å². The predicted molar refractivity (Wildman–Crippen MR) is 114 cm³/mol. The second-order valence-electron chi connectivity index (χ2n) is 8.96. The van der Waals surface area contributed by atoms with Crippen molar-refractivity contribution in [3.63, 3.8) is 0 Å². The Bertz CT molecular complexity index is 460. The molecule has 0 unspecified atom stereocenters. The third-order valence-corrected chi connectivity index (χ3v) is 5.06. The second-order valence-corrected chi connectivity index (χ2v) is 8.96. The minimum atomic E-state index is -0.785. The van der Waals surface area contributed by atoms with Crippen LogP contribution in [-0.2, 0) is 9.53 Å². The van der Waals surface area contributed by atoms with Crippen LogP contribution in [0.15, 0.2) is 12.7 Å². The molecular formula is C22H41N3O3. The van der Waals surface area contributed by atoms with Gasteiger partial charge in [-0.2, -0.15) is 0 Å². The zero-order chi connectivity index (χ0) is 21.0. The molecule has 0 bridgehead atoms. The van der Waals surface area contributed by atoms with Gasteiger partial charge in [0.2, 0.25) is 5.91 Å². The van der Waals surface area contributed by atoms with Gasteiger partial charge in [0.15, 0.2) is 0 Å². The zero-order valence-corrected chi connectivity index (χ0v) is 18.1. The van der Waals surface area contributed by atoms with Crippen LogP contribution < -0.4 is 16.4 Å². The fourth-order valence-corrected chi connectivity index (χ4v) is 3.66. The first-order valence-corrected chi connectivity index (χ1v) is 10.9. The molecule has 28 heavy (non-hydrogen) atoms. The Kier molecular flexibility index (Phi) is 11.4. The van der Waals surface area contributed by atoms with Crippen molar-refractivity contribution in [2.45, 2.75) is 115 Å². The summed E-state index contributed by atoms with van der Waals surface area (Å²) in [5.41, 5.74) is 4.82. The highest BCUT2D eigenvalue weighted by atomic mass is 16.6. The SMILES string of the molecule is C1CCC(NC2CCCCC2)CC1.C=CC[C@H](N)C(=O)NC(=O)OC(C)(C)C. The number of amides is 2. The van der Waals surface area contributed by atoms with Gasteiger partial charge in [-0.25, -0.2) is 4.79 Å². The van der Waals surface area contributed by atoms with E-state index in [1.54, 1.807) is 20.8 Å². The Morgan fingerprint density at radius 3 is 1.89 bits per heavy atom. The topological polar surface area (TPSA) is 93.5 Å². The van der Waals surface area contributed by atoms with E-state index < -0.39 is 23.6 Å². The summed E-state index contributed by atoms with van der Waals surface area (Å²) < 4.78 is 4.88. The normalized spacial score (nSPS) is 19.7. The molecule has 2 amide bonds. The fourth-order valence-electron chi connectivity index (χ4n) is 3.66. The predicted octanol–water partition coefficient (Wildman–Crippen LogP) is 4.18. The van der Waals surface area contributed by atoms with Gasteiger partial charge >= 0.3 is 6.09 Å². The standard InChI is InChI=1S/C12H23N.C10H18N2O3/c1-3-7-11(8-4-1)13-12-9-5-2-6-10-12;1-5-6-7(11)8(13)12-9(14)15-10(2,3)4/h11-13H,1-10H2;5,7H,1,6,11H2,2-4H3,(H,12,13,14)/t;7-/m.0/s1. The maximum absolute atomic E-state index is 11.2. The lowest BCUT2D eigenvalue weighted by molar-refractivity contribution is -0.121. The van der Waals surface area contributed by atoms with Crippen molar-refractivity contribution in [1.29, 1.82) is 0 Å². The molecule has 0 heterocycles. The molecule has 2 saturated carbocycles. The number of nitrogens with two attached hydrogens (primary N) is 1. The Morgan fingerprint density at radius 2 is 1.50 bits per heavy atom. The molecule has 0 aromatic heterocycles. The Balaban J connectivity index is 0.000000281. The summed E-state index contributed by atoms with van der Waals surface area (Å²) in [5.74, 6) is -0.566. The zero-order valence-electron chi connectivity index (χ0n) is 18.1. The summed E-state index contributed by atoms with van der Waals surface area (Å²) in [5, 5.41) is 5.91. The fraction of sp³-hybridized carbons (Fsp3) is 0.818. The summed E-state index contributed by atoms with van der Waals surface area (Å²) >= 11 is 0. The molecule has 4 N–H and O–H groups in total. The van der Waals surface area contributed by atoms with E-state index in [1.807, 2.05) is 5.32 Å². The van der Waals surface area contributed by atoms with E-state index in [4.69, 9.17) is 10.5 Å². The van der Waals surface area contributed by atoms with E-state index in [-0.39, 0.29) is 0 Å². The van der Waals surface area contributed by atoms with Crippen molar-refractivity contribution in [2.24, 2.45) is 5.73 Å². The first-order valence-electron chi connectivity index (χ1n) is 10.9. The lowest BCUT2D eigenvalue weighted by Crippen LogP contribution is -2.45. The minimum absolute atomic E-state index is 0.314. The maximum atomic E-state index is 11.2. The van der Waals surface area contributed by atoms with Gasteiger partial charge in [0.25, 0.3) is 0 Å². The van der Waals surface area contributed by atoms with Crippen LogP contribution in [0.3, 0.4) is 0 Å². The lowest BCUT2D eigenvalue weighted by atomic mass is 9.91. The number of imide groups is 1. The molecule has 2 aliphatic rings. The average Bonchev–Trinajstić information content (AvgIpc) is 2.62. The molecule has 0 saturated heterocycles. The third-order valence-electron chi connectivity index (χ3n) is 5.06. The second kappa shape index (κ2) is 12.9. The summed E-state index contributed by atoms with van der Waals surface area (Å²) in [4.78, 5) is 22.4. The largest absolute Gasteiger partial charge is 0.444 e. The van der Waals surface area contributed by atoms with E-state index in [2.05, 4.69) is 11.9 Å². The maximum Gasteiger partial charge on any atom is 0.414 e. The molecule has 2 fully saturated rings. The van der Waals surface area contributed by atoms with Gasteiger partial charge in [0, 0.05) is 12.1 Å². The Morgan fingerprint density at radius 1 is 1.04 bits per heavy atom. The molecule has 6 nitrogen and oxygen atoms in total. The highest BCUT2D eigenvalue weighted by Crippen LogP contribution is 2.22. The van der Waals surface area contributed by atoms with E-state index in [9.17, 15) is 9.59 Å². The van der Waals surface area contributed by atoms with Gasteiger partial charge < -0.3 is 15.8 Å². The molecule has 2 aliphatic carbocycles. The first kappa shape index (κ1) is 24.6. The van der Waals surface area contributed by atoms with Crippen LogP contribution in [0, 0.1) is 0 Å². The van der Waals surface area contributed by atoms with Gasteiger partial charge in [-0.05, 0) is 52.9 Å². The van der Waals surface area contributed by atoms with Crippen molar-refractivity contribution >= 4 is 12.0 Å². The van der Waals surface area contributed by atoms with Crippen molar-refractivity contribution < 1.29 is 14.3 Å². The summed E-state index contributed by atoms with van der Waals surface area (Å²) in [6.07, 6.45) is 15.6. The van der Waals surface area contributed by atoms with Crippen LogP contribution in [-0.4, -0.2) is 35.7 Å². The van der Waals surface area contributed by atoms with Crippen LogP contribution in [0.1, 0.15) is 91.4 Å². The van der Waals surface area contributed by atoms with Crippen LogP contribution in [0.4, 0.5) is 4.79 Å². The van der Waals surface area contributed by atoms with Crippen LogP contribution in [0.25, 0.3) is 0 Å². The van der Waals surface area contributed by atoms with Gasteiger partial charge in [-0.3, -0.25) is 10.1 Å². The Labute approximate surface area is 171 Å². The summed E-state index contributed by atoms with van der Waals surface area (Å²) in [6, 6.07) is 0.976. The van der Waals surface area contributed by atoms with Gasteiger partial charge in [-0.15, -0.1) is 6.58 Å². The number of nitrogens with one attached hydrogen (secondary N) is 2. The molecule has 6 heteroatoms. The van der Waals surface area contributed by atoms with Gasteiger partial charge in [0.05, 0.1) is 6.04 Å². The van der Waals surface area contributed by atoms with Crippen molar-refractivity contribution in [3.05, 3.63) is 12.7 Å². The summed E-state index contributed by atoms with van der Waals surface area (Å²) in [6.45, 7) is 8.57. The molecule has 162 valence electrons. The number of alkyl carbamates (subject to hydrolysis) is 1. The van der Waals surface area contributed by atoms with E-state index in [0.717, 1.165) is 12.1 Å². The number of carbonyl (C=O) groups excluding carboxylic acids is 2. The molecule has 2 rings (SSSR count). The molecule has 0 radical (unpaired) electrons. The number of hydrogen-bond acceptors (Lipinski definition) is 5.